The van der Waals surface area contributed by atoms with E-state index in [9.17, 15) is 9.50 Å². The first-order valence-electron chi connectivity index (χ1n) is 5.65. The second-order valence-electron chi connectivity index (χ2n) is 4.25. The van der Waals surface area contributed by atoms with Gasteiger partial charge in [-0.05, 0) is 37.8 Å². The Morgan fingerprint density at radius 2 is 2.12 bits per heavy atom. The quantitative estimate of drug-likeness (QED) is 0.877. The predicted octanol–water partition coefficient (Wildman–Crippen LogP) is 2.99. The van der Waals surface area contributed by atoms with Gasteiger partial charge in [0.1, 0.15) is 5.82 Å². The molecule has 4 heteroatoms. The first kappa shape index (κ1) is 14.3. The number of hydrogen-bond acceptors (Lipinski definition) is 3. The van der Waals surface area contributed by atoms with E-state index in [1.807, 2.05) is 7.05 Å². The standard InChI is InChI=1S/C13H20FNOS/c1-9-7-13(15(3)5-6-17-4)11(10(2)16)8-12(9)14/h7-8,10,16H,5-6H2,1-4H3/t10-/m0/s1. The van der Waals surface area contributed by atoms with E-state index in [2.05, 4.69) is 11.2 Å². The molecule has 0 amide bonds. The van der Waals surface area contributed by atoms with E-state index in [0.29, 0.717) is 11.1 Å². The summed E-state index contributed by atoms with van der Waals surface area (Å²) in [7, 11) is 1.97. The topological polar surface area (TPSA) is 23.5 Å². The van der Waals surface area contributed by atoms with Crippen LogP contribution in [0.5, 0.6) is 0 Å². The summed E-state index contributed by atoms with van der Waals surface area (Å²) in [5.74, 6) is 0.745. The number of halogens is 1. The van der Waals surface area contributed by atoms with Crippen LogP contribution < -0.4 is 4.90 Å². The molecule has 1 atom stereocenters. The molecule has 0 aliphatic heterocycles. The summed E-state index contributed by atoms with van der Waals surface area (Å²) < 4.78 is 13.5. The largest absolute Gasteiger partial charge is 0.389 e. The van der Waals surface area contributed by atoms with E-state index < -0.39 is 6.10 Å². The molecule has 1 aromatic rings. The smallest absolute Gasteiger partial charge is 0.126 e. The third-order valence-corrected chi connectivity index (χ3v) is 3.39. The van der Waals surface area contributed by atoms with Crippen molar-refractivity contribution in [1.82, 2.24) is 0 Å². The van der Waals surface area contributed by atoms with Crippen molar-refractivity contribution in [3.05, 3.63) is 29.1 Å². The van der Waals surface area contributed by atoms with Crippen LogP contribution in [-0.4, -0.2) is 30.7 Å². The van der Waals surface area contributed by atoms with Gasteiger partial charge in [0.25, 0.3) is 0 Å². The molecule has 96 valence electrons. The molecule has 0 aromatic heterocycles. The van der Waals surface area contributed by atoms with Gasteiger partial charge in [0.2, 0.25) is 0 Å². The molecule has 2 nitrogen and oxygen atoms in total. The molecule has 0 aliphatic carbocycles. The number of rotatable bonds is 5. The molecule has 0 spiro atoms. The number of aryl methyl sites for hydroxylation is 1. The number of hydrogen-bond donors (Lipinski definition) is 1. The van der Waals surface area contributed by atoms with Crippen LogP contribution in [-0.2, 0) is 0 Å². The lowest BCUT2D eigenvalue weighted by Crippen LogP contribution is -2.22. The van der Waals surface area contributed by atoms with Gasteiger partial charge in [-0.25, -0.2) is 4.39 Å². The van der Waals surface area contributed by atoms with Crippen molar-refractivity contribution < 1.29 is 9.50 Å². The molecule has 1 N–H and O–H groups in total. The Bertz CT molecular complexity index is 382. The maximum atomic E-state index is 13.5. The Hall–Kier alpha value is -0.740. The van der Waals surface area contributed by atoms with Gasteiger partial charge in [0.15, 0.2) is 0 Å². The summed E-state index contributed by atoms with van der Waals surface area (Å²) in [5.41, 5.74) is 2.17. The summed E-state index contributed by atoms with van der Waals surface area (Å²) in [6.45, 7) is 4.29. The molecule has 17 heavy (non-hydrogen) atoms. The van der Waals surface area contributed by atoms with Gasteiger partial charge in [-0.2, -0.15) is 11.8 Å². The van der Waals surface area contributed by atoms with Gasteiger partial charge in [-0.1, -0.05) is 0 Å². The van der Waals surface area contributed by atoms with Gasteiger partial charge in [-0.15, -0.1) is 0 Å². The van der Waals surface area contributed by atoms with Crippen molar-refractivity contribution in [2.24, 2.45) is 0 Å². The molecule has 0 saturated carbocycles. The highest BCUT2D eigenvalue weighted by atomic mass is 32.2. The molecular weight excluding hydrogens is 237 g/mol. The minimum atomic E-state index is -0.656. The zero-order valence-electron chi connectivity index (χ0n) is 10.8. The first-order chi connectivity index (χ1) is 7.97. The van der Waals surface area contributed by atoms with Crippen molar-refractivity contribution in [2.45, 2.75) is 20.0 Å². The average Bonchev–Trinajstić information content (AvgIpc) is 2.28. The Kier molecular flexibility index (Phi) is 5.28. The monoisotopic (exact) mass is 257 g/mol. The fourth-order valence-corrected chi connectivity index (χ4v) is 2.15. The Balaban J connectivity index is 3.07. The van der Waals surface area contributed by atoms with Crippen LogP contribution in [0, 0.1) is 12.7 Å². The number of benzene rings is 1. The highest BCUT2D eigenvalue weighted by Gasteiger charge is 2.14. The Morgan fingerprint density at radius 1 is 1.47 bits per heavy atom. The van der Waals surface area contributed by atoms with Crippen LogP contribution in [0.25, 0.3) is 0 Å². The summed E-state index contributed by atoms with van der Waals surface area (Å²) in [4.78, 5) is 2.06. The second kappa shape index (κ2) is 6.26. The van der Waals surface area contributed by atoms with Gasteiger partial charge in [-0.3, -0.25) is 0 Å². The maximum Gasteiger partial charge on any atom is 0.126 e. The predicted molar refractivity (Wildman–Crippen MR) is 73.4 cm³/mol. The lowest BCUT2D eigenvalue weighted by molar-refractivity contribution is 0.199. The van der Waals surface area contributed by atoms with E-state index >= 15 is 0 Å². The third-order valence-electron chi connectivity index (χ3n) is 2.80. The number of aliphatic hydroxyl groups excluding tert-OH is 1. The fourth-order valence-electron chi connectivity index (χ4n) is 1.70. The van der Waals surface area contributed by atoms with E-state index in [1.165, 1.54) is 6.07 Å². The first-order valence-corrected chi connectivity index (χ1v) is 7.05. The van der Waals surface area contributed by atoms with Crippen molar-refractivity contribution in [2.75, 3.05) is 30.5 Å². The molecular formula is C13H20FNOS. The van der Waals surface area contributed by atoms with Crippen molar-refractivity contribution >= 4 is 17.4 Å². The molecule has 0 heterocycles. The third kappa shape index (κ3) is 3.61. The summed E-state index contributed by atoms with van der Waals surface area (Å²) in [6, 6.07) is 3.24. The minimum Gasteiger partial charge on any atom is -0.389 e. The minimum absolute atomic E-state index is 0.261. The SMILES string of the molecule is CSCCN(C)c1cc(C)c(F)cc1[C@H](C)O. The van der Waals surface area contributed by atoms with E-state index in [0.717, 1.165) is 18.0 Å². The van der Waals surface area contributed by atoms with Crippen molar-refractivity contribution in [3.8, 4) is 0 Å². The number of thioether (sulfide) groups is 1. The molecule has 0 unspecified atom stereocenters. The van der Waals surface area contributed by atoms with Crippen molar-refractivity contribution in [3.63, 3.8) is 0 Å². The molecule has 1 rings (SSSR count). The Morgan fingerprint density at radius 3 is 2.65 bits per heavy atom. The lowest BCUT2D eigenvalue weighted by Gasteiger charge is -2.24. The van der Waals surface area contributed by atoms with Gasteiger partial charge in [0, 0.05) is 30.6 Å². The summed E-state index contributed by atoms with van der Waals surface area (Å²) in [5, 5.41) is 9.70. The molecule has 1 aromatic carbocycles. The Labute approximate surface area is 107 Å². The summed E-state index contributed by atoms with van der Waals surface area (Å²) >= 11 is 1.77. The molecule has 0 bridgehead atoms. The van der Waals surface area contributed by atoms with Crippen molar-refractivity contribution in [1.29, 1.82) is 0 Å². The van der Waals surface area contributed by atoms with Crippen LogP contribution in [0.2, 0.25) is 0 Å². The lowest BCUT2D eigenvalue weighted by atomic mass is 10.0. The average molecular weight is 257 g/mol. The zero-order chi connectivity index (χ0) is 13.0. The summed E-state index contributed by atoms with van der Waals surface area (Å²) in [6.07, 6.45) is 1.40. The molecule has 0 aliphatic rings. The molecule has 0 radical (unpaired) electrons. The zero-order valence-corrected chi connectivity index (χ0v) is 11.6. The number of nitrogens with zero attached hydrogens (tertiary/aromatic N) is 1. The van der Waals surface area contributed by atoms with E-state index in [1.54, 1.807) is 31.7 Å². The van der Waals surface area contributed by atoms with E-state index in [4.69, 9.17) is 0 Å². The maximum absolute atomic E-state index is 13.5. The van der Waals surface area contributed by atoms with Crippen LogP contribution in [0.1, 0.15) is 24.2 Å². The van der Waals surface area contributed by atoms with Crippen LogP contribution >= 0.6 is 11.8 Å². The number of anilines is 1. The molecule has 0 fully saturated rings. The number of aliphatic hydroxyl groups is 1. The van der Waals surface area contributed by atoms with Gasteiger partial charge in [0.05, 0.1) is 6.10 Å². The highest BCUT2D eigenvalue weighted by molar-refractivity contribution is 7.98. The van der Waals surface area contributed by atoms with E-state index in [-0.39, 0.29) is 5.82 Å². The van der Waals surface area contributed by atoms with Gasteiger partial charge < -0.3 is 10.0 Å². The van der Waals surface area contributed by atoms with Crippen LogP contribution in [0.3, 0.4) is 0 Å². The normalized spacial score (nSPS) is 12.6. The fraction of sp³-hybridized carbons (Fsp3) is 0.538. The van der Waals surface area contributed by atoms with Crippen LogP contribution in [0.15, 0.2) is 12.1 Å². The second-order valence-corrected chi connectivity index (χ2v) is 5.24. The van der Waals surface area contributed by atoms with Gasteiger partial charge >= 0.3 is 0 Å². The molecule has 0 saturated heterocycles. The highest BCUT2D eigenvalue weighted by Crippen LogP contribution is 2.28. The van der Waals surface area contributed by atoms with Crippen LogP contribution in [0.4, 0.5) is 10.1 Å².